The van der Waals surface area contributed by atoms with Gasteiger partial charge in [-0.1, -0.05) is 13.8 Å². The minimum Gasteiger partial charge on any atom is -0.378 e. The first kappa shape index (κ1) is 13.0. The Morgan fingerprint density at radius 1 is 1.33 bits per heavy atom. The molecule has 1 aliphatic heterocycles. The van der Waals surface area contributed by atoms with Crippen molar-refractivity contribution in [1.29, 1.82) is 0 Å². The maximum Gasteiger partial charge on any atom is 0.0576 e. The first-order valence-corrected chi connectivity index (χ1v) is 6.65. The fourth-order valence-corrected chi connectivity index (χ4v) is 2.14. The van der Waals surface area contributed by atoms with Crippen LogP contribution in [0.5, 0.6) is 0 Å². The van der Waals surface area contributed by atoms with Crippen LogP contribution < -0.4 is 5.32 Å². The third-order valence-corrected chi connectivity index (χ3v) is 3.25. The smallest absolute Gasteiger partial charge is 0.0576 e. The fourth-order valence-electron chi connectivity index (χ4n) is 2.14. The van der Waals surface area contributed by atoms with Crippen LogP contribution in [-0.4, -0.2) is 25.8 Å². The van der Waals surface area contributed by atoms with Crippen molar-refractivity contribution in [2.45, 2.75) is 58.5 Å². The van der Waals surface area contributed by atoms with Gasteiger partial charge in [0, 0.05) is 6.61 Å². The molecule has 2 atom stereocenters. The zero-order chi connectivity index (χ0) is 10.9. The lowest BCUT2D eigenvalue weighted by Crippen LogP contribution is -2.18. The topological polar surface area (TPSA) is 21.3 Å². The van der Waals surface area contributed by atoms with Crippen molar-refractivity contribution in [3.8, 4) is 0 Å². The maximum atomic E-state index is 5.63. The third kappa shape index (κ3) is 6.16. The summed E-state index contributed by atoms with van der Waals surface area (Å²) in [7, 11) is 0. The summed E-state index contributed by atoms with van der Waals surface area (Å²) in [5, 5.41) is 3.46. The molecule has 1 heterocycles. The largest absolute Gasteiger partial charge is 0.378 e. The molecule has 0 amide bonds. The van der Waals surface area contributed by atoms with Crippen molar-refractivity contribution in [3.63, 3.8) is 0 Å². The molecule has 0 radical (unpaired) electrons. The molecule has 0 spiro atoms. The summed E-state index contributed by atoms with van der Waals surface area (Å²) in [6.45, 7) is 7.92. The highest BCUT2D eigenvalue weighted by molar-refractivity contribution is 4.67. The molecule has 0 aliphatic carbocycles. The van der Waals surface area contributed by atoms with Crippen molar-refractivity contribution in [2.24, 2.45) is 5.92 Å². The van der Waals surface area contributed by atoms with Gasteiger partial charge in [-0.3, -0.25) is 0 Å². The van der Waals surface area contributed by atoms with Crippen LogP contribution in [0.3, 0.4) is 0 Å². The SMILES string of the molecule is CCCNCCC(C)CCC1CCCO1. The minimum atomic E-state index is 0.580. The lowest BCUT2D eigenvalue weighted by Gasteiger charge is -2.14. The third-order valence-electron chi connectivity index (χ3n) is 3.25. The van der Waals surface area contributed by atoms with E-state index in [1.165, 1.54) is 51.6 Å². The summed E-state index contributed by atoms with van der Waals surface area (Å²) in [4.78, 5) is 0. The Balaban J connectivity index is 1.90. The summed E-state index contributed by atoms with van der Waals surface area (Å²) in [5.41, 5.74) is 0. The van der Waals surface area contributed by atoms with Gasteiger partial charge in [-0.05, 0) is 57.5 Å². The standard InChI is InChI=1S/C13H27NO/c1-3-9-14-10-8-12(2)6-7-13-5-4-11-15-13/h12-14H,3-11H2,1-2H3. The first-order chi connectivity index (χ1) is 7.33. The normalized spacial score (nSPS) is 23.2. The molecule has 15 heavy (non-hydrogen) atoms. The summed E-state index contributed by atoms with van der Waals surface area (Å²) in [6, 6.07) is 0. The molecule has 1 aliphatic rings. The van der Waals surface area contributed by atoms with E-state index < -0.39 is 0 Å². The molecule has 2 nitrogen and oxygen atoms in total. The highest BCUT2D eigenvalue weighted by Crippen LogP contribution is 2.20. The van der Waals surface area contributed by atoms with Gasteiger partial charge < -0.3 is 10.1 Å². The molecule has 0 aromatic rings. The first-order valence-electron chi connectivity index (χ1n) is 6.65. The molecule has 0 saturated carbocycles. The van der Waals surface area contributed by atoms with Gasteiger partial charge >= 0.3 is 0 Å². The number of hydrogen-bond donors (Lipinski definition) is 1. The van der Waals surface area contributed by atoms with E-state index in [9.17, 15) is 0 Å². The van der Waals surface area contributed by atoms with Crippen molar-refractivity contribution in [3.05, 3.63) is 0 Å². The van der Waals surface area contributed by atoms with Crippen molar-refractivity contribution >= 4 is 0 Å². The van der Waals surface area contributed by atoms with E-state index >= 15 is 0 Å². The van der Waals surface area contributed by atoms with E-state index in [0.717, 1.165) is 12.5 Å². The van der Waals surface area contributed by atoms with Crippen LogP contribution in [-0.2, 0) is 4.74 Å². The predicted octanol–water partition coefficient (Wildman–Crippen LogP) is 2.97. The second kappa shape index (κ2) is 8.12. The molecule has 1 rings (SSSR count). The van der Waals surface area contributed by atoms with E-state index in [4.69, 9.17) is 4.74 Å². The minimum absolute atomic E-state index is 0.580. The zero-order valence-electron chi connectivity index (χ0n) is 10.4. The summed E-state index contributed by atoms with van der Waals surface area (Å²) in [5.74, 6) is 0.846. The predicted molar refractivity (Wildman–Crippen MR) is 65.1 cm³/mol. The Bertz CT molecular complexity index is 143. The molecule has 1 N–H and O–H groups in total. The molecule has 1 fully saturated rings. The number of ether oxygens (including phenoxy) is 1. The average Bonchev–Trinajstić information content (AvgIpc) is 2.74. The molecule has 2 unspecified atom stereocenters. The van der Waals surface area contributed by atoms with E-state index in [2.05, 4.69) is 19.2 Å². The molecule has 90 valence electrons. The lowest BCUT2D eigenvalue weighted by molar-refractivity contribution is 0.0984. The molecule has 1 saturated heterocycles. The van der Waals surface area contributed by atoms with Crippen LogP contribution in [0.4, 0.5) is 0 Å². The van der Waals surface area contributed by atoms with Crippen LogP contribution in [0.2, 0.25) is 0 Å². The number of rotatable bonds is 8. The van der Waals surface area contributed by atoms with E-state index in [-0.39, 0.29) is 0 Å². The molecular formula is C13H27NO. The Kier molecular flexibility index (Phi) is 7.03. The monoisotopic (exact) mass is 213 g/mol. The Morgan fingerprint density at radius 2 is 2.20 bits per heavy atom. The van der Waals surface area contributed by atoms with E-state index in [1.807, 2.05) is 0 Å². The lowest BCUT2D eigenvalue weighted by atomic mass is 9.98. The van der Waals surface area contributed by atoms with E-state index in [0.29, 0.717) is 6.10 Å². The molecule has 0 bridgehead atoms. The van der Waals surface area contributed by atoms with Gasteiger partial charge in [-0.25, -0.2) is 0 Å². The van der Waals surface area contributed by atoms with Gasteiger partial charge in [0.05, 0.1) is 6.10 Å². The second-order valence-corrected chi connectivity index (χ2v) is 4.86. The maximum absolute atomic E-state index is 5.63. The van der Waals surface area contributed by atoms with Gasteiger partial charge in [-0.2, -0.15) is 0 Å². The van der Waals surface area contributed by atoms with Crippen LogP contribution in [0.1, 0.15) is 52.4 Å². The van der Waals surface area contributed by atoms with Crippen LogP contribution in [0, 0.1) is 5.92 Å². The average molecular weight is 213 g/mol. The Hall–Kier alpha value is -0.0800. The number of hydrogen-bond acceptors (Lipinski definition) is 2. The fraction of sp³-hybridized carbons (Fsp3) is 1.00. The van der Waals surface area contributed by atoms with E-state index in [1.54, 1.807) is 0 Å². The Morgan fingerprint density at radius 3 is 2.87 bits per heavy atom. The van der Waals surface area contributed by atoms with Gasteiger partial charge in [-0.15, -0.1) is 0 Å². The molecule has 0 aromatic carbocycles. The van der Waals surface area contributed by atoms with Gasteiger partial charge in [0.25, 0.3) is 0 Å². The van der Waals surface area contributed by atoms with Gasteiger partial charge in [0.15, 0.2) is 0 Å². The summed E-state index contributed by atoms with van der Waals surface area (Å²) >= 11 is 0. The zero-order valence-corrected chi connectivity index (χ0v) is 10.4. The highest BCUT2D eigenvalue weighted by atomic mass is 16.5. The summed E-state index contributed by atoms with van der Waals surface area (Å²) < 4.78 is 5.63. The van der Waals surface area contributed by atoms with Crippen molar-refractivity contribution in [1.82, 2.24) is 5.32 Å². The van der Waals surface area contributed by atoms with Crippen LogP contribution in [0.25, 0.3) is 0 Å². The van der Waals surface area contributed by atoms with Crippen molar-refractivity contribution < 1.29 is 4.74 Å². The Labute approximate surface area is 94.8 Å². The van der Waals surface area contributed by atoms with Crippen molar-refractivity contribution in [2.75, 3.05) is 19.7 Å². The highest BCUT2D eigenvalue weighted by Gasteiger charge is 2.15. The van der Waals surface area contributed by atoms with Crippen LogP contribution in [0.15, 0.2) is 0 Å². The van der Waals surface area contributed by atoms with Gasteiger partial charge in [0.2, 0.25) is 0 Å². The molecule has 0 aromatic heterocycles. The quantitative estimate of drug-likeness (QED) is 0.626. The van der Waals surface area contributed by atoms with Crippen LogP contribution >= 0.6 is 0 Å². The molecular weight excluding hydrogens is 186 g/mol. The summed E-state index contributed by atoms with van der Waals surface area (Å²) in [6.07, 6.45) is 8.30. The second-order valence-electron chi connectivity index (χ2n) is 4.86. The molecule has 2 heteroatoms. The number of nitrogens with one attached hydrogen (secondary N) is 1. The van der Waals surface area contributed by atoms with Gasteiger partial charge in [0.1, 0.15) is 0 Å².